The predicted molar refractivity (Wildman–Crippen MR) is 102 cm³/mol. The van der Waals surface area contributed by atoms with Crippen LogP contribution in [0.5, 0.6) is 0 Å². The smallest absolute Gasteiger partial charge is 0.137 e. The number of aromatic nitrogens is 1. The molecule has 118 valence electrons. The number of furan rings is 1. The van der Waals surface area contributed by atoms with E-state index in [1.165, 1.54) is 38.1 Å². The van der Waals surface area contributed by atoms with Gasteiger partial charge in [0.05, 0.1) is 10.9 Å². The summed E-state index contributed by atoms with van der Waals surface area (Å²) in [5.74, 6) is 0. The normalized spacial score (nSPS) is 12.1. The highest BCUT2D eigenvalue weighted by Crippen LogP contribution is 2.40. The van der Waals surface area contributed by atoms with Gasteiger partial charge >= 0.3 is 0 Å². The molecule has 24 heavy (non-hydrogen) atoms. The summed E-state index contributed by atoms with van der Waals surface area (Å²) in [5.41, 5.74) is 5.92. The van der Waals surface area contributed by atoms with Crippen LogP contribution in [0.2, 0.25) is 0 Å². The van der Waals surface area contributed by atoms with Gasteiger partial charge in [-0.1, -0.05) is 49.7 Å². The van der Waals surface area contributed by atoms with E-state index < -0.39 is 0 Å². The average Bonchev–Trinajstić information content (AvgIpc) is 3.11. The molecule has 0 aliphatic heterocycles. The van der Waals surface area contributed by atoms with E-state index in [1.54, 1.807) is 0 Å². The third-order valence-electron chi connectivity index (χ3n) is 5.11. The molecule has 0 fully saturated rings. The van der Waals surface area contributed by atoms with Gasteiger partial charge in [0.1, 0.15) is 11.2 Å². The van der Waals surface area contributed by atoms with Crippen LogP contribution < -0.4 is 0 Å². The molecule has 0 atom stereocenters. The molecule has 0 saturated heterocycles. The first-order valence-electron chi connectivity index (χ1n) is 8.60. The molecule has 0 N–H and O–H groups in total. The van der Waals surface area contributed by atoms with Crippen molar-refractivity contribution < 1.29 is 4.42 Å². The number of benzene rings is 3. The first-order valence-corrected chi connectivity index (χ1v) is 8.60. The average molecular weight is 313 g/mol. The number of rotatable bonds is 2. The second-order valence-electron chi connectivity index (χ2n) is 6.56. The Bertz CT molecular complexity index is 1220. The van der Waals surface area contributed by atoms with E-state index >= 15 is 0 Å². The standard InChI is InChI=1S/C22H19NO/c1-3-8-14-13-19-21(16-10-5-7-12-18(16)24-19)22-20(14)15-9-4-6-11-17(15)23(22)2/h4-7,9-13H,3,8H2,1-2H3. The molecule has 5 aromatic rings. The largest absolute Gasteiger partial charge is 0.456 e. The first-order chi connectivity index (χ1) is 11.8. The van der Waals surface area contributed by atoms with Crippen LogP contribution in [0.15, 0.2) is 59.0 Å². The van der Waals surface area contributed by atoms with Crippen LogP contribution in [0.4, 0.5) is 0 Å². The maximum atomic E-state index is 6.19. The number of hydrogen-bond acceptors (Lipinski definition) is 1. The molecule has 2 aromatic heterocycles. The molecule has 0 radical (unpaired) electrons. The van der Waals surface area contributed by atoms with Crippen LogP contribution in [0, 0.1) is 0 Å². The van der Waals surface area contributed by atoms with Gasteiger partial charge in [-0.2, -0.15) is 0 Å². The lowest BCUT2D eigenvalue weighted by atomic mass is 9.99. The zero-order valence-corrected chi connectivity index (χ0v) is 14.0. The summed E-state index contributed by atoms with van der Waals surface area (Å²) in [6.45, 7) is 2.24. The molecular weight excluding hydrogens is 294 g/mol. The Morgan fingerprint density at radius 1 is 0.875 bits per heavy atom. The Morgan fingerprint density at radius 2 is 1.62 bits per heavy atom. The molecular formula is C22H19NO. The Balaban J connectivity index is 2.13. The maximum Gasteiger partial charge on any atom is 0.137 e. The first kappa shape index (κ1) is 13.7. The van der Waals surface area contributed by atoms with E-state index in [9.17, 15) is 0 Å². The fraction of sp³-hybridized carbons (Fsp3) is 0.182. The Kier molecular flexibility index (Phi) is 2.78. The lowest BCUT2D eigenvalue weighted by Gasteiger charge is -2.05. The summed E-state index contributed by atoms with van der Waals surface area (Å²) in [6.07, 6.45) is 2.20. The summed E-state index contributed by atoms with van der Waals surface area (Å²) < 4.78 is 8.51. The SMILES string of the molecule is CCCc1cc2oc3ccccc3c2c2c1c1ccccc1n2C. The molecule has 0 aliphatic rings. The zero-order chi connectivity index (χ0) is 16.3. The number of hydrogen-bond donors (Lipinski definition) is 0. The van der Waals surface area contributed by atoms with Gasteiger partial charge in [0.2, 0.25) is 0 Å². The van der Waals surface area contributed by atoms with Crippen molar-refractivity contribution in [1.29, 1.82) is 0 Å². The molecule has 2 heterocycles. The minimum Gasteiger partial charge on any atom is -0.456 e. The molecule has 0 bridgehead atoms. The predicted octanol–water partition coefficient (Wildman–Crippen LogP) is 6.18. The summed E-state index contributed by atoms with van der Waals surface area (Å²) in [4.78, 5) is 0. The second-order valence-corrected chi connectivity index (χ2v) is 6.56. The lowest BCUT2D eigenvalue weighted by Crippen LogP contribution is -1.90. The third kappa shape index (κ3) is 1.66. The maximum absolute atomic E-state index is 6.19. The van der Waals surface area contributed by atoms with Crippen molar-refractivity contribution in [1.82, 2.24) is 4.57 Å². The topological polar surface area (TPSA) is 18.1 Å². The van der Waals surface area contributed by atoms with Gasteiger partial charge in [-0.15, -0.1) is 0 Å². The minimum atomic E-state index is 0.965. The van der Waals surface area contributed by atoms with Gasteiger partial charge in [0, 0.05) is 28.7 Å². The van der Waals surface area contributed by atoms with Crippen molar-refractivity contribution in [2.75, 3.05) is 0 Å². The van der Waals surface area contributed by atoms with Crippen LogP contribution in [0.1, 0.15) is 18.9 Å². The molecule has 0 saturated carbocycles. The highest BCUT2D eigenvalue weighted by Gasteiger charge is 2.19. The van der Waals surface area contributed by atoms with Crippen LogP contribution >= 0.6 is 0 Å². The molecule has 2 heteroatoms. The molecule has 0 unspecified atom stereocenters. The fourth-order valence-corrected chi connectivity index (χ4v) is 4.12. The number of nitrogens with zero attached hydrogens (tertiary/aromatic N) is 1. The number of fused-ring (bicyclic) bond motifs is 7. The molecule has 0 spiro atoms. The van der Waals surface area contributed by atoms with E-state index in [-0.39, 0.29) is 0 Å². The van der Waals surface area contributed by atoms with E-state index in [1.807, 2.05) is 6.07 Å². The number of para-hydroxylation sites is 2. The van der Waals surface area contributed by atoms with Gasteiger partial charge in [-0.3, -0.25) is 0 Å². The quantitative estimate of drug-likeness (QED) is 0.380. The zero-order valence-electron chi connectivity index (χ0n) is 14.0. The minimum absolute atomic E-state index is 0.965. The van der Waals surface area contributed by atoms with Gasteiger partial charge in [0.15, 0.2) is 0 Å². The Morgan fingerprint density at radius 3 is 2.46 bits per heavy atom. The van der Waals surface area contributed by atoms with E-state index in [2.05, 4.69) is 67.1 Å². The second kappa shape index (κ2) is 4.88. The van der Waals surface area contributed by atoms with Crippen LogP contribution in [0.25, 0.3) is 43.7 Å². The van der Waals surface area contributed by atoms with Crippen molar-refractivity contribution >= 4 is 43.7 Å². The van der Waals surface area contributed by atoms with Crippen molar-refractivity contribution in [2.24, 2.45) is 7.05 Å². The third-order valence-corrected chi connectivity index (χ3v) is 5.11. The lowest BCUT2D eigenvalue weighted by molar-refractivity contribution is 0.668. The van der Waals surface area contributed by atoms with Gasteiger partial charge in [-0.25, -0.2) is 0 Å². The van der Waals surface area contributed by atoms with Gasteiger partial charge in [-0.05, 0) is 30.2 Å². The summed E-state index contributed by atoms with van der Waals surface area (Å²) in [5, 5.41) is 5.16. The molecule has 2 nitrogen and oxygen atoms in total. The van der Waals surface area contributed by atoms with Crippen LogP contribution in [-0.2, 0) is 13.5 Å². The van der Waals surface area contributed by atoms with E-state index in [4.69, 9.17) is 4.42 Å². The monoisotopic (exact) mass is 313 g/mol. The summed E-state index contributed by atoms with van der Waals surface area (Å²) >= 11 is 0. The fourth-order valence-electron chi connectivity index (χ4n) is 4.12. The molecule has 0 amide bonds. The van der Waals surface area contributed by atoms with Crippen LogP contribution in [-0.4, -0.2) is 4.57 Å². The molecule has 3 aromatic carbocycles. The van der Waals surface area contributed by atoms with Crippen molar-refractivity contribution in [2.45, 2.75) is 19.8 Å². The summed E-state index contributed by atoms with van der Waals surface area (Å²) in [7, 11) is 2.17. The Hall–Kier alpha value is -2.74. The van der Waals surface area contributed by atoms with Gasteiger partial charge in [0.25, 0.3) is 0 Å². The molecule has 0 aliphatic carbocycles. The van der Waals surface area contributed by atoms with Crippen molar-refractivity contribution in [3.05, 3.63) is 60.2 Å². The highest BCUT2D eigenvalue weighted by atomic mass is 16.3. The van der Waals surface area contributed by atoms with Gasteiger partial charge < -0.3 is 8.98 Å². The number of aryl methyl sites for hydroxylation is 2. The van der Waals surface area contributed by atoms with Crippen molar-refractivity contribution in [3.8, 4) is 0 Å². The van der Waals surface area contributed by atoms with Crippen LogP contribution in [0.3, 0.4) is 0 Å². The molecule has 5 rings (SSSR count). The van der Waals surface area contributed by atoms with E-state index in [0.29, 0.717) is 0 Å². The van der Waals surface area contributed by atoms with E-state index in [0.717, 1.165) is 24.0 Å². The van der Waals surface area contributed by atoms with Crippen molar-refractivity contribution in [3.63, 3.8) is 0 Å². The summed E-state index contributed by atoms with van der Waals surface area (Å²) in [6, 6.07) is 19.3. The highest BCUT2D eigenvalue weighted by molar-refractivity contribution is 6.24. The Labute approximate surface area is 140 Å².